The molecule has 2 aliphatic carbocycles. The van der Waals surface area contributed by atoms with E-state index < -0.39 is 28.6 Å². The van der Waals surface area contributed by atoms with Crippen LogP contribution in [0.3, 0.4) is 0 Å². The van der Waals surface area contributed by atoms with E-state index in [1.165, 1.54) is 27.2 Å². The Morgan fingerprint density at radius 3 is 2.00 bits per heavy atom. The van der Waals surface area contributed by atoms with Crippen LogP contribution in [0.1, 0.15) is 63.2 Å². The Morgan fingerprint density at radius 1 is 0.818 bits per heavy atom. The molecule has 2 aromatic carbocycles. The Hall–Kier alpha value is -0.334. The maximum atomic E-state index is 2.56. The van der Waals surface area contributed by atoms with E-state index in [0.717, 1.165) is 3.63 Å². The first kappa shape index (κ1) is 28.9. The molecule has 0 aromatic heterocycles. The molecule has 174 valence electrons. The Labute approximate surface area is 222 Å². The van der Waals surface area contributed by atoms with Crippen molar-refractivity contribution in [3.05, 3.63) is 85.2 Å². The van der Waals surface area contributed by atoms with Crippen molar-refractivity contribution < 1.29 is 43.4 Å². The van der Waals surface area contributed by atoms with Gasteiger partial charge in [-0.25, -0.2) is 0 Å². The van der Waals surface area contributed by atoms with E-state index in [-0.39, 0.29) is 24.8 Å². The van der Waals surface area contributed by atoms with Gasteiger partial charge in [-0.15, -0.1) is 0 Å². The third-order valence-electron chi connectivity index (χ3n) is 7.82. The maximum Gasteiger partial charge on any atom is -1.00 e. The molecule has 0 saturated carbocycles. The molecule has 0 heterocycles. The average Bonchev–Trinajstić information content (AvgIpc) is 3.21. The van der Waals surface area contributed by atoms with E-state index in [4.69, 9.17) is 0 Å². The number of allylic oxidation sites excluding steroid dienone is 5. The van der Waals surface area contributed by atoms with E-state index in [9.17, 15) is 0 Å². The van der Waals surface area contributed by atoms with Gasteiger partial charge < -0.3 is 24.8 Å². The molecule has 33 heavy (non-hydrogen) atoms. The van der Waals surface area contributed by atoms with Crippen molar-refractivity contribution in [2.45, 2.75) is 62.6 Å². The van der Waals surface area contributed by atoms with Crippen molar-refractivity contribution in [1.29, 1.82) is 0 Å². The summed E-state index contributed by atoms with van der Waals surface area (Å²) < 4.78 is 2.73. The largest absolute Gasteiger partial charge is 1.00 e. The van der Waals surface area contributed by atoms with Crippen LogP contribution in [0.15, 0.2) is 74.1 Å². The molecule has 0 radical (unpaired) electrons. The van der Waals surface area contributed by atoms with Gasteiger partial charge >= 0.3 is 200 Å². The molecule has 0 fully saturated rings. The minimum Gasteiger partial charge on any atom is -1.00 e. The second kappa shape index (κ2) is 12.1. The van der Waals surface area contributed by atoms with Gasteiger partial charge in [-0.1, -0.05) is 0 Å². The van der Waals surface area contributed by atoms with Gasteiger partial charge in [0.2, 0.25) is 0 Å². The van der Waals surface area contributed by atoms with Gasteiger partial charge in [0.05, 0.1) is 0 Å². The molecule has 0 N–H and O–H groups in total. The first-order valence-electron chi connectivity index (χ1n) is 11.9. The zero-order chi connectivity index (χ0) is 22.3. The van der Waals surface area contributed by atoms with Gasteiger partial charge in [-0.3, -0.25) is 0 Å². The Morgan fingerprint density at radius 2 is 1.45 bits per heavy atom. The van der Waals surface area contributed by atoms with Crippen molar-refractivity contribution in [1.82, 2.24) is 0 Å². The standard InChI is InChI=1S/C16H13.C9H13.C4H10Ge.2ClH.Zr/c1-12-10-14-8-5-9-15(16(14)11-12)13-6-3-2-4-7-13;1-6-5-7(2)9(4)8(6)3;1-3-5-4-2;;;/h2-11H,1H3;6H,1-4H3;3-4H2,1-2H3;2*1H;/q;;;;;+2/p-2. The fraction of sp³-hybridized carbons (Fsp3) is 0.379. The quantitative estimate of drug-likeness (QED) is 0.452. The minimum absolute atomic E-state index is 0. The van der Waals surface area contributed by atoms with Crippen LogP contribution < -0.4 is 24.8 Å². The van der Waals surface area contributed by atoms with Crippen LogP contribution in [0.4, 0.5) is 0 Å². The van der Waals surface area contributed by atoms with Crippen molar-refractivity contribution in [3.63, 3.8) is 0 Å². The molecule has 0 spiro atoms. The van der Waals surface area contributed by atoms with Crippen LogP contribution in [-0.2, 0) is 18.6 Å². The molecule has 0 amide bonds. The monoisotopic (exact) mass is 618 g/mol. The molecule has 4 heteroatoms. The summed E-state index contributed by atoms with van der Waals surface area (Å²) in [5, 5.41) is 2.98. The van der Waals surface area contributed by atoms with Crippen molar-refractivity contribution in [2.24, 2.45) is 5.92 Å². The number of fused-ring (bicyclic) bond motifs is 1. The van der Waals surface area contributed by atoms with Gasteiger partial charge in [0, 0.05) is 0 Å². The van der Waals surface area contributed by atoms with Crippen LogP contribution in [0.25, 0.3) is 17.2 Å². The fourth-order valence-corrected chi connectivity index (χ4v) is 46.3. The average molecular weight is 619 g/mol. The van der Waals surface area contributed by atoms with E-state index in [2.05, 4.69) is 103 Å². The summed E-state index contributed by atoms with van der Waals surface area (Å²) in [6.07, 6.45) is 2.56. The molecule has 0 nitrogen and oxygen atoms in total. The van der Waals surface area contributed by atoms with Crippen LogP contribution >= 0.6 is 0 Å². The number of halogens is 2. The van der Waals surface area contributed by atoms with Gasteiger partial charge in [0.15, 0.2) is 0 Å². The number of hydrogen-bond donors (Lipinski definition) is 0. The topological polar surface area (TPSA) is 0 Å². The smallest absolute Gasteiger partial charge is 1.00 e. The molecule has 2 unspecified atom stereocenters. The normalized spacial score (nSPS) is 18.8. The van der Waals surface area contributed by atoms with E-state index >= 15 is 0 Å². The fourth-order valence-electron chi connectivity index (χ4n) is 5.78. The van der Waals surface area contributed by atoms with E-state index in [1.54, 1.807) is 27.9 Å². The molecule has 0 bridgehead atoms. The van der Waals surface area contributed by atoms with Gasteiger partial charge in [0.1, 0.15) is 0 Å². The summed E-state index contributed by atoms with van der Waals surface area (Å²) >= 11 is -1.89. The van der Waals surface area contributed by atoms with Crippen molar-refractivity contribution in [3.8, 4) is 11.1 Å². The predicted octanol–water partition coefficient (Wildman–Crippen LogP) is 2.73. The van der Waals surface area contributed by atoms with Gasteiger partial charge in [-0.2, -0.15) is 0 Å². The Bertz CT molecular complexity index is 1150. The minimum atomic E-state index is -1.89. The zero-order valence-corrected chi connectivity index (χ0v) is 27.1. The maximum absolute atomic E-state index is 2.56. The summed E-state index contributed by atoms with van der Waals surface area (Å²) in [5.41, 5.74) is 12.6. The van der Waals surface area contributed by atoms with Crippen molar-refractivity contribution >= 4 is 16.1 Å². The summed E-state index contributed by atoms with van der Waals surface area (Å²) in [5.74, 6) is 0.684. The summed E-state index contributed by atoms with van der Waals surface area (Å²) in [6.45, 7) is 17.2. The third kappa shape index (κ3) is 5.14. The molecular formula is C29H36Cl2GeZr. The van der Waals surface area contributed by atoms with Crippen molar-refractivity contribution in [2.75, 3.05) is 0 Å². The summed E-state index contributed by atoms with van der Waals surface area (Å²) in [4.78, 5) is 0. The van der Waals surface area contributed by atoms with Crippen LogP contribution in [0.5, 0.6) is 0 Å². The first-order valence-corrected chi connectivity index (χ1v) is 24.9. The zero-order valence-electron chi connectivity index (χ0n) is 21.0. The predicted molar refractivity (Wildman–Crippen MR) is 135 cm³/mol. The number of hydrogen-bond acceptors (Lipinski definition) is 0. The number of benzene rings is 2. The second-order valence-electron chi connectivity index (χ2n) is 9.29. The third-order valence-corrected chi connectivity index (χ3v) is 45.4. The van der Waals surface area contributed by atoms with Gasteiger partial charge in [0.25, 0.3) is 0 Å². The molecule has 2 aromatic rings. The van der Waals surface area contributed by atoms with Crippen LogP contribution in [-0.4, -0.2) is 9.98 Å². The summed E-state index contributed by atoms with van der Waals surface area (Å²) in [7, 11) is -1.09. The first-order chi connectivity index (χ1) is 14.9. The number of rotatable bonds is 5. The second-order valence-corrected chi connectivity index (χ2v) is 35.3. The van der Waals surface area contributed by atoms with Crippen LogP contribution in [0, 0.1) is 5.92 Å². The molecule has 2 aliphatic rings. The Kier molecular flexibility index (Phi) is 10.6. The van der Waals surface area contributed by atoms with E-state index in [1.807, 2.05) is 3.28 Å². The Balaban J connectivity index is 0.00000193. The molecule has 4 rings (SSSR count). The summed E-state index contributed by atoms with van der Waals surface area (Å²) in [6, 6.07) is 18.1. The molecular weight excluding hydrogens is 583 g/mol. The SMILES string of the molecule is C[CH2][Ge]([CH2]C)=[Zr+2]([C]1=C(C)C(C)=C(C)C1C)[CH]1C(C)=Cc2c(-c3ccccc3)cccc21.[Cl-].[Cl-]. The van der Waals surface area contributed by atoms with Crippen LogP contribution in [0.2, 0.25) is 10.5 Å². The molecule has 2 atom stereocenters. The molecule has 0 saturated heterocycles. The van der Waals surface area contributed by atoms with Gasteiger partial charge in [-0.05, 0) is 0 Å². The molecule has 0 aliphatic heterocycles. The van der Waals surface area contributed by atoms with E-state index in [0.29, 0.717) is 5.92 Å².